The third kappa shape index (κ3) is 5.14. The molecule has 1 saturated heterocycles. The standard InChI is InChI=1S/C22H28ClN3O3S/c1-17(2)16-25-10-12-26(13-11-25)22(27)18-6-4-9-21(14-18)30(28,29)24(3)20-8-5-7-19(23)15-20/h4-9,14-15,17H,10-13,16H2,1-3H3. The third-order valence-corrected chi connectivity index (χ3v) is 7.21. The number of hydrogen-bond acceptors (Lipinski definition) is 4. The van der Waals surface area contributed by atoms with Crippen LogP contribution in [0.25, 0.3) is 0 Å². The number of carbonyl (C=O) groups excluding carboxylic acids is 1. The van der Waals surface area contributed by atoms with Crippen molar-refractivity contribution in [3.8, 4) is 0 Å². The SMILES string of the molecule is CC(C)CN1CCN(C(=O)c2cccc(S(=O)(=O)N(C)c3cccc(Cl)c3)c2)CC1. The van der Waals surface area contributed by atoms with Gasteiger partial charge in [0, 0.05) is 50.4 Å². The third-order valence-electron chi connectivity index (χ3n) is 5.19. The van der Waals surface area contributed by atoms with Crippen LogP contribution in [0, 0.1) is 5.92 Å². The number of benzene rings is 2. The molecule has 1 heterocycles. The van der Waals surface area contributed by atoms with Crippen molar-refractivity contribution in [2.75, 3.05) is 44.1 Å². The van der Waals surface area contributed by atoms with E-state index in [1.165, 1.54) is 23.5 Å². The van der Waals surface area contributed by atoms with Crippen LogP contribution in [0.2, 0.25) is 5.02 Å². The summed E-state index contributed by atoms with van der Waals surface area (Å²) in [6, 6.07) is 12.9. The molecule has 3 rings (SSSR count). The van der Waals surface area contributed by atoms with E-state index >= 15 is 0 Å². The van der Waals surface area contributed by atoms with Gasteiger partial charge in [-0.15, -0.1) is 0 Å². The van der Waals surface area contributed by atoms with Gasteiger partial charge in [-0.25, -0.2) is 8.42 Å². The van der Waals surface area contributed by atoms with Crippen molar-refractivity contribution in [2.24, 2.45) is 5.92 Å². The number of carbonyl (C=O) groups is 1. The first kappa shape index (κ1) is 22.6. The van der Waals surface area contributed by atoms with Gasteiger partial charge >= 0.3 is 0 Å². The van der Waals surface area contributed by atoms with Gasteiger partial charge < -0.3 is 4.90 Å². The highest BCUT2D eigenvalue weighted by atomic mass is 35.5. The molecule has 0 radical (unpaired) electrons. The van der Waals surface area contributed by atoms with Crippen LogP contribution in [-0.2, 0) is 10.0 Å². The molecule has 0 saturated carbocycles. The summed E-state index contributed by atoms with van der Waals surface area (Å²) in [5.41, 5.74) is 0.841. The Morgan fingerprint density at radius 3 is 2.37 bits per heavy atom. The minimum atomic E-state index is -3.82. The molecule has 0 N–H and O–H groups in total. The molecule has 0 aliphatic carbocycles. The summed E-state index contributed by atoms with van der Waals surface area (Å²) in [4.78, 5) is 17.2. The molecule has 1 aliphatic heterocycles. The number of nitrogens with zero attached hydrogens (tertiary/aromatic N) is 3. The van der Waals surface area contributed by atoms with E-state index in [0.29, 0.717) is 35.3 Å². The van der Waals surface area contributed by atoms with E-state index in [2.05, 4.69) is 18.7 Å². The van der Waals surface area contributed by atoms with Crippen molar-refractivity contribution in [3.63, 3.8) is 0 Å². The second-order valence-corrected chi connectivity index (χ2v) is 10.4. The zero-order chi connectivity index (χ0) is 21.9. The molecule has 0 atom stereocenters. The highest BCUT2D eigenvalue weighted by Gasteiger charge is 2.26. The lowest BCUT2D eigenvalue weighted by molar-refractivity contribution is 0.0623. The van der Waals surface area contributed by atoms with Crippen molar-refractivity contribution < 1.29 is 13.2 Å². The number of halogens is 1. The predicted octanol–water partition coefficient (Wildman–Crippen LogP) is 3.58. The van der Waals surface area contributed by atoms with Crippen molar-refractivity contribution in [1.29, 1.82) is 0 Å². The normalized spacial score (nSPS) is 15.4. The molecule has 6 nitrogen and oxygen atoms in total. The number of sulfonamides is 1. The first-order valence-electron chi connectivity index (χ1n) is 10.0. The first-order chi connectivity index (χ1) is 14.2. The van der Waals surface area contributed by atoms with E-state index in [9.17, 15) is 13.2 Å². The van der Waals surface area contributed by atoms with E-state index in [-0.39, 0.29) is 10.8 Å². The van der Waals surface area contributed by atoms with E-state index in [1.54, 1.807) is 41.3 Å². The highest BCUT2D eigenvalue weighted by molar-refractivity contribution is 7.92. The first-order valence-corrected chi connectivity index (χ1v) is 11.9. The predicted molar refractivity (Wildman–Crippen MR) is 121 cm³/mol. The monoisotopic (exact) mass is 449 g/mol. The molecule has 0 aromatic heterocycles. The van der Waals surface area contributed by atoms with Crippen LogP contribution < -0.4 is 4.31 Å². The fourth-order valence-corrected chi connectivity index (χ4v) is 5.01. The second kappa shape index (κ2) is 9.37. The van der Waals surface area contributed by atoms with Gasteiger partial charge in [0.1, 0.15) is 0 Å². The smallest absolute Gasteiger partial charge is 0.264 e. The van der Waals surface area contributed by atoms with Crippen LogP contribution >= 0.6 is 11.6 Å². The molecule has 0 unspecified atom stereocenters. The summed E-state index contributed by atoms with van der Waals surface area (Å²) in [5, 5.41) is 0.454. The molecule has 30 heavy (non-hydrogen) atoms. The molecule has 1 amide bonds. The maximum atomic E-state index is 13.1. The van der Waals surface area contributed by atoms with Gasteiger partial charge in [0.25, 0.3) is 15.9 Å². The molecule has 1 aliphatic rings. The maximum Gasteiger partial charge on any atom is 0.264 e. The fraction of sp³-hybridized carbons (Fsp3) is 0.409. The number of anilines is 1. The van der Waals surface area contributed by atoms with Crippen LogP contribution in [0.5, 0.6) is 0 Å². The number of amides is 1. The van der Waals surface area contributed by atoms with Gasteiger partial charge in [-0.2, -0.15) is 0 Å². The molecule has 0 bridgehead atoms. The minimum Gasteiger partial charge on any atom is -0.336 e. The fourth-order valence-electron chi connectivity index (χ4n) is 3.59. The number of rotatable bonds is 6. The zero-order valence-corrected chi connectivity index (χ0v) is 19.2. The van der Waals surface area contributed by atoms with Crippen molar-refractivity contribution in [3.05, 3.63) is 59.1 Å². The summed E-state index contributed by atoms with van der Waals surface area (Å²) < 4.78 is 27.4. The summed E-state index contributed by atoms with van der Waals surface area (Å²) in [5.74, 6) is 0.451. The van der Waals surface area contributed by atoms with Crippen LogP contribution in [0.1, 0.15) is 24.2 Å². The van der Waals surface area contributed by atoms with Gasteiger partial charge in [0.2, 0.25) is 0 Å². The minimum absolute atomic E-state index is 0.0780. The maximum absolute atomic E-state index is 13.1. The largest absolute Gasteiger partial charge is 0.336 e. The molecule has 1 fully saturated rings. The second-order valence-electron chi connectivity index (χ2n) is 7.97. The number of hydrogen-bond donors (Lipinski definition) is 0. The van der Waals surface area contributed by atoms with E-state index < -0.39 is 10.0 Å². The van der Waals surface area contributed by atoms with E-state index in [4.69, 9.17) is 11.6 Å². The molecule has 2 aromatic carbocycles. The summed E-state index contributed by atoms with van der Waals surface area (Å²) in [6.45, 7) is 8.34. The van der Waals surface area contributed by atoms with Crippen molar-refractivity contribution >= 4 is 33.2 Å². The van der Waals surface area contributed by atoms with Crippen LogP contribution in [0.4, 0.5) is 5.69 Å². The molecule has 2 aromatic rings. The van der Waals surface area contributed by atoms with Crippen molar-refractivity contribution in [1.82, 2.24) is 9.80 Å². The molecule has 8 heteroatoms. The lowest BCUT2D eigenvalue weighted by atomic mass is 10.1. The van der Waals surface area contributed by atoms with E-state index in [0.717, 1.165) is 19.6 Å². The van der Waals surface area contributed by atoms with E-state index in [1.807, 2.05) is 0 Å². The Balaban J connectivity index is 1.76. The Kier molecular flexibility index (Phi) is 7.06. The van der Waals surface area contributed by atoms with Gasteiger partial charge in [-0.1, -0.05) is 37.6 Å². The highest BCUT2D eigenvalue weighted by Crippen LogP contribution is 2.25. The Hall–Kier alpha value is -2.09. The Morgan fingerprint density at radius 1 is 1.07 bits per heavy atom. The van der Waals surface area contributed by atoms with Gasteiger partial charge in [-0.3, -0.25) is 14.0 Å². The van der Waals surface area contributed by atoms with Crippen LogP contribution in [0.15, 0.2) is 53.4 Å². The average Bonchev–Trinajstić information content (AvgIpc) is 2.73. The Labute approximate surface area is 184 Å². The van der Waals surface area contributed by atoms with Crippen LogP contribution in [-0.4, -0.2) is 63.9 Å². The zero-order valence-electron chi connectivity index (χ0n) is 17.6. The van der Waals surface area contributed by atoms with Crippen molar-refractivity contribution in [2.45, 2.75) is 18.7 Å². The Bertz CT molecular complexity index is 1000. The lowest BCUT2D eigenvalue weighted by Gasteiger charge is -2.35. The quantitative estimate of drug-likeness (QED) is 0.676. The molecule has 0 spiro atoms. The summed E-state index contributed by atoms with van der Waals surface area (Å²) >= 11 is 6.00. The average molecular weight is 450 g/mol. The molecular formula is C22H28ClN3O3S. The van der Waals surface area contributed by atoms with Gasteiger partial charge in [0.15, 0.2) is 0 Å². The topological polar surface area (TPSA) is 60.9 Å². The summed E-state index contributed by atoms with van der Waals surface area (Å²) in [7, 11) is -2.35. The van der Waals surface area contributed by atoms with Crippen LogP contribution in [0.3, 0.4) is 0 Å². The summed E-state index contributed by atoms with van der Waals surface area (Å²) in [6.07, 6.45) is 0. The Morgan fingerprint density at radius 2 is 1.73 bits per heavy atom. The van der Waals surface area contributed by atoms with Gasteiger partial charge in [-0.05, 0) is 42.3 Å². The van der Waals surface area contributed by atoms with Gasteiger partial charge in [0.05, 0.1) is 10.6 Å². The lowest BCUT2D eigenvalue weighted by Crippen LogP contribution is -2.49. The molecular weight excluding hydrogens is 422 g/mol. The molecule has 162 valence electrons. The number of piperazine rings is 1.